The van der Waals surface area contributed by atoms with Gasteiger partial charge in [0.05, 0.1) is 22.4 Å². The number of halogens is 1. The van der Waals surface area contributed by atoms with E-state index in [1.807, 2.05) is 25.3 Å². The standard InChI is InChI=1S/C37H43FN6O2S/c1-6-26-28(17-24(38)18-31(26)44-11-10-27-29-19-37(3,4)20-32(29)47-34(27)36(44)46)23-16-30(35(45)41(5)22-23)40-33-9-8-25(21-39-33)43-14-12-42(7-2)13-15-43/h8-9,16-18,21-22H,6-7,10-15,19-20H2,1-5H3,(H,39,40). The molecule has 2 aliphatic heterocycles. The first kappa shape index (κ1) is 31.6. The maximum atomic E-state index is 15.4. The number of hydrogen-bond acceptors (Lipinski definition) is 7. The molecule has 8 nitrogen and oxygen atoms in total. The molecule has 1 saturated heterocycles. The Hall–Kier alpha value is -4.02. The largest absolute Gasteiger partial charge is 0.368 e. The third kappa shape index (κ3) is 5.86. The van der Waals surface area contributed by atoms with E-state index in [1.54, 1.807) is 35.5 Å². The van der Waals surface area contributed by atoms with Crippen molar-refractivity contribution >= 4 is 40.1 Å². The summed E-state index contributed by atoms with van der Waals surface area (Å²) in [6.07, 6.45) is 6.95. The fourth-order valence-corrected chi connectivity index (χ4v) is 9.11. The van der Waals surface area contributed by atoms with Gasteiger partial charge >= 0.3 is 0 Å². The Morgan fingerprint density at radius 3 is 2.49 bits per heavy atom. The van der Waals surface area contributed by atoms with Crippen LogP contribution in [-0.2, 0) is 32.7 Å². The SMILES string of the molecule is CCc1c(-c2cc(Nc3ccc(N4CCN(CC)CC4)cn3)c(=O)n(C)c2)cc(F)cc1N1CCc2c(sc3c2CC(C)(C)C3)C1=O. The second kappa shape index (κ2) is 12.2. The molecule has 47 heavy (non-hydrogen) atoms. The minimum Gasteiger partial charge on any atom is -0.368 e. The molecule has 1 fully saturated rings. The van der Waals surface area contributed by atoms with Crippen LogP contribution < -0.4 is 20.7 Å². The maximum Gasteiger partial charge on any atom is 0.274 e. The molecule has 0 bridgehead atoms. The second-order valence-corrected chi connectivity index (χ2v) is 15.0. The van der Waals surface area contributed by atoms with Crippen molar-refractivity contribution in [1.29, 1.82) is 0 Å². The number of likely N-dealkylation sites (N-methyl/N-ethyl adjacent to an activating group) is 1. The van der Waals surface area contributed by atoms with Gasteiger partial charge < -0.3 is 24.6 Å². The van der Waals surface area contributed by atoms with Crippen molar-refractivity contribution in [2.45, 2.75) is 53.4 Å². The van der Waals surface area contributed by atoms with E-state index in [-0.39, 0.29) is 16.9 Å². The number of nitrogens with zero attached hydrogens (tertiary/aromatic N) is 5. The van der Waals surface area contributed by atoms with Crippen molar-refractivity contribution in [2.24, 2.45) is 12.5 Å². The lowest BCUT2D eigenvalue weighted by Gasteiger charge is -2.35. The molecule has 0 atom stereocenters. The van der Waals surface area contributed by atoms with Gasteiger partial charge in [-0.25, -0.2) is 9.37 Å². The smallest absolute Gasteiger partial charge is 0.274 e. The number of amides is 1. The van der Waals surface area contributed by atoms with E-state index >= 15 is 4.39 Å². The van der Waals surface area contributed by atoms with Gasteiger partial charge in [-0.3, -0.25) is 9.59 Å². The molecule has 0 unspecified atom stereocenters. The number of fused-ring (bicyclic) bond motifs is 3. The zero-order valence-electron chi connectivity index (χ0n) is 28.0. The van der Waals surface area contributed by atoms with Gasteiger partial charge in [0.15, 0.2) is 0 Å². The van der Waals surface area contributed by atoms with Crippen molar-refractivity contribution in [3.63, 3.8) is 0 Å². The number of carbonyl (C=O) groups is 1. The quantitative estimate of drug-likeness (QED) is 0.248. The number of nitrogens with one attached hydrogen (secondary N) is 1. The van der Waals surface area contributed by atoms with Crippen LogP contribution in [0.15, 0.2) is 47.5 Å². The van der Waals surface area contributed by atoms with Crippen molar-refractivity contribution < 1.29 is 9.18 Å². The van der Waals surface area contributed by atoms with Gasteiger partial charge in [0.25, 0.3) is 11.5 Å². The molecule has 0 radical (unpaired) electrons. The molecule has 1 amide bonds. The third-order valence-electron chi connectivity index (χ3n) is 10.0. The molecule has 7 rings (SSSR count). The number of benzene rings is 1. The fraction of sp³-hybridized carbons (Fsp3) is 0.432. The van der Waals surface area contributed by atoms with Crippen LogP contribution in [0.25, 0.3) is 11.1 Å². The van der Waals surface area contributed by atoms with Crippen LogP contribution >= 0.6 is 11.3 Å². The topological polar surface area (TPSA) is 73.7 Å². The van der Waals surface area contributed by atoms with E-state index in [9.17, 15) is 9.59 Å². The van der Waals surface area contributed by atoms with Crippen LogP contribution in [0.3, 0.4) is 0 Å². The Bertz CT molecular complexity index is 1910. The highest BCUT2D eigenvalue weighted by Gasteiger charge is 2.38. The van der Waals surface area contributed by atoms with Crippen LogP contribution in [0.1, 0.15) is 58.9 Å². The number of aryl methyl sites for hydroxylation is 1. The molecule has 246 valence electrons. The average molecular weight is 655 g/mol. The molecule has 4 aromatic rings. The summed E-state index contributed by atoms with van der Waals surface area (Å²) in [6.45, 7) is 14.3. The minimum atomic E-state index is -0.415. The first-order chi connectivity index (χ1) is 22.5. The van der Waals surface area contributed by atoms with Crippen molar-refractivity contribution in [3.8, 4) is 11.1 Å². The van der Waals surface area contributed by atoms with E-state index in [0.29, 0.717) is 41.3 Å². The Morgan fingerprint density at radius 2 is 1.79 bits per heavy atom. The number of rotatable bonds is 7. The van der Waals surface area contributed by atoms with E-state index in [2.05, 4.69) is 40.9 Å². The summed E-state index contributed by atoms with van der Waals surface area (Å²) in [5.74, 6) is 0.104. The molecule has 3 aliphatic rings. The lowest BCUT2D eigenvalue weighted by Crippen LogP contribution is -2.46. The minimum absolute atomic E-state index is 0.0423. The average Bonchev–Trinajstić information content (AvgIpc) is 3.55. The van der Waals surface area contributed by atoms with E-state index in [4.69, 9.17) is 0 Å². The highest BCUT2D eigenvalue weighted by molar-refractivity contribution is 7.14. The zero-order valence-corrected chi connectivity index (χ0v) is 28.8. The van der Waals surface area contributed by atoms with Crippen molar-refractivity contribution in [1.82, 2.24) is 14.5 Å². The van der Waals surface area contributed by atoms with Gasteiger partial charge in [0.1, 0.15) is 17.3 Å². The lowest BCUT2D eigenvalue weighted by molar-refractivity contribution is 0.0984. The number of anilines is 4. The first-order valence-electron chi connectivity index (χ1n) is 16.7. The van der Waals surface area contributed by atoms with Crippen LogP contribution in [0.5, 0.6) is 0 Å². The summed E-state index contributed by atoms with van der Waals surface area (Å²) < 4.78 is 17.0. The van der Waals surface area contributed by atoms with Crippen LogP contribution in [0, 0.1) is 11.2 Å². The van der Waals surface area contributed by atoms with Gasteiger partial charge in [-0.15, -0.1) is 11.3 Å². The summed E-state index contributed by atoms with van der Waals surface area (Å²) >= 11 is 1.63. The van der Waals surface area contributed by atoms with Gasteiger partial charge in [-0.05, 0) is 90.2 Å². The molecule has 0 saturated carbocycles. The molecule has 10 heteroatoms. The number of pyridine rings is 2. The number of piperazine rings is 1. The number of carbonyl (C=O) groups excluding carboxylic acids is 1. The highest BCUT2D eigenvalue weighted by Crippen LogP contribution is 2.46. The van der Waals surface area contributed by atoms with Gasteiger partial charge in [0, 0.05) is 56.4 Å². The third-order valence-corrected chi connectivity index (χ3v) is 11.3. The van der Waals surface area contributed by atoms with Crippen LogP contribution in [-0.4, -0.2) is 59.6 Å². The Kier molecular flexibility index (Phi) is 8.20. The highest BCUT2D eigenvalue weighted by atomic mass is 32.1. The first-order valence-corrected chi connectivity index (χ1v) is 17.6. The summed E-state index contributed by atoms with van der Waals surface area (Å²) in [5, 5.41) is 3.21. The molecule has 1 N–H and O–H groups in total. The van der Waals surface area contributed by atoms with Crippen molar-refractivity contribution in [2.75, 3.05) is 54.4 Å². The molecule has 1 aliphatic carbocycles. The second-order valence-electron chi connectivity index (χ2n) is 13.8. The van der Waals surface area contributed by atoms with Gasteiger partial charge in [-0.2, -0.15) is 0 Å². The Labute approximate surface area is 279 Å². The summed E-state index contributed by atoms with van der Waals surface area (Å²) in [7, 11) is 1.70. The zero-order chi connectivity index (χ0) is 33.0. The normalized spacial score (nSPS) is 17.6. The summed E-state index contributed by atoms with van der Waals surface area (Å²) in [4.78, 5) is 40.5. The van der Waals surface area contributed by atoms with E-state index in [1.165, 1.54) is 32.7 Å². The van der Waals surface area contributed by atoms with Crippen LogP contribution in [0.4, 0.5) is 27.3 Å². The molecular formula is C37H43FN6O2S. The maximum absolute atomic E-state index is 15.4. The predicted molar refractivity (Wildman–Crippen MR) is 189 cm³/mol. The Morgan fingerprint density at radius 1 is 1.00 bits per heavy atom. The molecule has 1 aromatic carbocycles. The number of thiophene rings is 1. The van der Waals surface area contributed by atoms with E-state index in [0.717, 1.165) is 68.1 Å². The predicted octanol–water partition coefficient (Wildman–Crippen LogP) is 6.42. The lowest BCUT2D eigenvalue weighted by atomic mass is 9.89. The molecular weight excluding hydrogens is 612 g/mol. The number of aromatic nitrogens is 2. The Balaban J connectivity index is 1.18. The molecule has 3 aromatic heterocycles. The van der Waals surface area contributed by atoms with Gasteiger partial charge in [-0.1, -0.05) is 27.7 Å². The summed E-state index contributed by atoms with van der Waals surface area (Å²) in [5.41, 5.74) is 6.84. The van der Waals surface area contributed by atoms with Crippen LogP contribution in [0.2, 0.25) is 0 Å². The molecule has 5 heterocycles. The fourth-order valence-electron chi connectivity index (χ4n) is 7.54. The monoisotopic (exact) mass is 654 g/mol. The van der Waals surface area contributed by atoms with Gasteiger partial charge in [0.2, 0.25) is 0 Å². The van der Waals surface area contributed by atoms with Crippen molar-refractivity contribution in [3.05, 3.63) is 85.3 Å². The summed E-state index contributed by atoms with van der Waals surface area (Å²) in [6, 6.07) is 8.69. The molecule has 0 spiro atoms. The number of hydrogen-bond donors (Lipinski definition) is 1. The van der Waals surface area contributed by atoms with E-state index < -0.39 is 5.82 Å².